The molecule has 142 valence electrons. The number of aliphatic imine (C=N–C) groups is 1. The first kappa shape index (κ1) is 19.8. The zero-order chi connectivity index (χ0) is 18.9. The van der Waals surface area contributed by atoms with Gasteiger partial charge in [0.15, 0.2) is 5.96 Å². The van der Waals surface area contributed by atoms with E-state index in [1.807, 2.05) is 25.1 Å². The smallest absolute Gasteiger partial charge is 0.251 e. The van der Waals surface area contributed by atoms with E-state index in [1.165, 1.54) is 0 Å². The average Bonchev–Trinajstić information content (AvgIpc) is 2.64. The molecular weight excluding hydrogens is 330 g/mol. The number of amides is 2. The van der Waals surface area contributed by atoms with E-state index < -0.39 is 0 Å². The molecule has 2 rings (SSSR count). The highest BCUT2D eigenvalue weighted by molar-refractivity contribution is 5.94. The van der Waals surface area contributed by atoms with Gasteiger partial charge in [0, 0.05) is 38.7 Å². The molecule has 1 aromatic rings. The van der Waals surface area contributed by atoms with Gasteiger partial charge in [-0.25, -0.2) is 4.99 Å². The fourth-order valence-corrected chi connectivity index (χ4v) is 3.26. The van der Waals surface area contributed by atoms with Crippen LogP contribution in [-0.2, 0) is 11.3 Å². The van der Waals surface area contributed by atoms with Gasteiger partial charge in [-0.3, -0.25) is 9.59 Å². The van der Waals surface area contributed by atoms with Gasteiger partial charge in [-0.2, -0.15) is 0 Å². The number of likely N-dealkylation sites (tertiary alicyclic amines) is 1. The lowest BCUT2D eigenvalue weighted by Crippen LogP contribution is -2.47. The van der Waals surface area contributed by atoms with Crippen molar-refractivity contribution in [2.75, 3.05) is 26.7 Å². The molecule has 7 heteroatoms. The normalized spacial score (nSPS) is 17.7. The van der Waals surface area contributed by atoms with Crippen molar-refractivity contribution in [2.24, 2.45) is 16.6 Å². The van der Waals surface area contributed by atoms with Crippen LogP contribution in [0, 0.1) is 5.92 Å². The molecule has 1 atom stereocenters. The molecule has 1 aliphatic rings. The van der Waals surface area contributed by atoms with Crippen molar-refractivity contribution in [2.45, 2.75) is 32.7 Å². The number of piperidine rings is 1. The van der Waals surface area contributed by atoms with E-state index in [9.17, 15) is 9.59 Å². The number of carbonyl (C=O) groups is 2. The Bertz CT molecular complexity index is 659. The predicted octanol–water partition coefficient (Wildman–Crippen LogP) is 1.10. The molecule has 0 bridgehead atoms. The quantitative estimate of drug-likeness (QED) is 0.523. The van der Waals surface area contributed by atoms with Gasteiger partial charge in [-0.05, 0) is 43.4 Å². The number of nitrogens with zero attached hydrogens (tertiary/aromatic N) is 2. The largest absolute Gasteiger partial charge is 0.370 e. The number of benzene rings is 1. The Kier molecular flexibility index (Phi) is 7.44. The molecule has 0 saturated carbocycles. The van der Waals surface area contributed by atoms with Crippen LogP contribution in [0.4, 0.5) is 0 Å². The molecule has 2 amide bonds. The molecule has 7 nitrogen and oxygen atoms in total. The Hall–Kier alpha value is -2.57. The summed E-state index contributed by atoms with van der Waals surface area (Å²) in [7, 11) is 1.62. The lowest BCUT2D eigenvalue weighted by atomic mass is 9.95. The van der Waals surface area contributed by atoms with Gasteiger partial charge in [-0.1, -0.05) is 12.1 Å². The molecule has 26 heavy (non-hydrogen) atoms. The van der Waals surface area contributed by atoms with Crippen molar-refractivity contribution < 1.29 is 9.59 Å². The molecule has 1 heterocycles. The van der Waals surface area contributed by atoms with E-state index in [4.69, 9.17) is 10.7 Å². The monoisotopic (exact) mass is 359 g/mol. The first-order valence-corrected chi connectivity index (χ1v) is 9.16. The van der Waals surface area contributed by atoms with E-state index in [0.29, 0.717) is 18.5 Å². The van der Waals surface area contributed by atoms with Gasteiger partial charge in [0.1, 0.15) is 0 Å². The minimum Gasteiger partial charge on any atom is -0.370 e. The van der Waals surface area contributed by atoms with Crippen molar-refractivity contribution in [1.29, 1.82) is 0 Å². The lowest BCUT2D eigenvalue weighted by molar-refractivity contribution is -0.119. The molecule has 0 radical (unpaired) electrons. The number of guanidine groups is 1. The van der Waals surface area contributed by atoms with Crippen molar-refractivity contribution in [3.05, 3.63) is 35.4 Å². The second-order valence-corrected chi connectivity index (χ2v) is 6.57. The third kappa shape index (κ3) is 5.75. The van der Waals surface area contributed by atoms with Crippen molar-refractivity contribution >= 4 is 17.8 Å². The fraction of sp³-hybridized carbons (Fsp3) is 0.526. The molecule has 1 aliphatic heterocycles. The van der Waals surface area contributed by atoms with Crippen LogP contribution in [0.5, 0.6) is 0 Å². The highest BCUT2D eigenvalue weighted by Crippen LogP contribution is 2.19. The number of primary amides is 1. The highest BCUT2D eigenvalue weighted by atomic mass is 16.1. The number of carbonyl (C=O) groups excluding carboxylic acids is 2. The average molecular weight is 359 g/mol. The van der Waals surface area contributed by atoms with Crippen molar-refractivity contribution in [3.8, 4) is 0 Å². The second-order valence-electron chi connectivity index (χ2n) is 6.57. The Labute approximate surface area is 155 Å². The van der Waals surface area contributed by atoms with Crippen molar-refractivity contribution in [1.82, 2.24) is 15.5 Å². The summed E-state index contributed by atoms with van der Waals surface area (Å²) in [4.78, 5) is 29.9. The summed E-state index contributed by atoms with van der Waals surface area (Å²) in [5, 5.41) is 5.96. The maximum atomic E-state index is 11.8. The van der Waals surface area contributed by atoms with Gasteiger partial charge in [0.2, 0.25) is 5.91 Å². The van der Waals surface area contributed by atoms with E-state index in [1.54, 1.807) is 13.1 Å². The highest BCUT2D eigenvalue weighted by Gasteiger charge is 2.23. The molecular formula is C19H29N5O2. The number of hydrogen-bond donors (Lipinski definition) is 3. The molecule has 0 aliphatic carbocycles. The number of nitrogens with one attached hydrogen (secondary N) is 2. The predicted molar refractivity (Wildman–Crippen MR) is 103 cm³/mol. The van der Waals surface area contributed by atoms with Crippen LogP contribution in [0.25, 0.3) is 0 Å². The van der Waals surface area contributed by atoms with Gasteiger partial charge in [-0.15, -0.1) is 0 Å². The van der Waals surface area contributed by atoms with Gasteiger partial charge >= 0.3 is 0 Å². The topological polar surface area (TPSA) is 99.8 Å². The second kappa shape index (κ2) is 9.79. The van der Waals surface area contributed by atoms with Crippen LogP contribution in [0.15, 0.2) is 29.3 Å². The van der Waals surface area contributed by atoms with Crippen LogP contribution in [0.1, 0.15) is 42.1 Å². The molecule has 1 unspecified atom stereocenters. The molecule has 1 aromatic carbocycles. The molecule has 0 spiro atoms. The third-order valence-electron chi connectivity index (χ3n) is 4.47. The summed E-state index contributed by atoms with van der Waals surface area (Å²) < 4.78 is 0. The maximum absolute atomic E-state index is 11.8. The molecule has 1 saturated heterocycles. The van der Waals surface area contributed by atoms with Crippen LogP contribution in [-0.4, -0.2) is 49.4 Å². The van der Waals surface area contributed by atoms with E-state index >= 15 is 0 Å². The molecule has 0 aromatic heterocycles. The zero-order valence-corrected chi connectivity index (χ0v) is 15.6. The summed E-state index contributed by atoms with van der Waals surface area (Å²) in [5.41, 5.74) is 6.96. The van der Waals surface area contributed by atoms with Crippen LogP contribution < -0.4 is 16.4 Å². The summed E-state index contributed by atoms with van der Waals surface area (Å²) >= 11 is 0. The van der Waals surface area contributed by atoms with E-state index in [0.717, 1.165) is 44.0 Å². The van der Waals surface area contributed by atoms with Crippen LogP contribution in [0.3, 0.4) is 0 Å². The van der Waals surface area contributed by atoms with E-state index in [2.05, 4.69) is 15.5 Å². The maximum Gasteiger partial charge on any atom is 0.251 e. The summed E-state index contributed by atoms with van der Waals surface area (Å²) in [6, 6.07) is 7.48. The Morgan fingerprint density at radius 1 is 1.38 bits per heavy atom. The SMILES string of the molecule is CCNC(=NCc1cccc(C(=O)NC)c1)N1CCCC(CC(N)=O)C1. The Morgan fingerprint density at radius 3 is 2.88 bits per heavy atom. The Balaban J connectivity index is 2.08. The lowest BCUT2D eigenvalue weighted by Gasteiger charge is -2.34. The summed E-state index contributed by atoms with van der Waals surface area (Å²) in [6.45, 7) is 5.00. The van der Waals surface area contributed by atoms with Crippen molar-refractivity contribution in [3.63, 3.8) is 0 Å². The fourth-order valence-electron chi connectivity index (χ4n) is 3.26. The minimum absolute atomic E-state index is 0.104. The van der Waals surface area contributed by atoms with E-state index in [-0.39, 0.29) is 17.7 Å². The van der Waals surface area contributed by atoms with Gasteiger partial charge < -0.3 is 21.3 Å². The zero-order valence-electron chi connectivity index (χ0n) is 15.6. The Morgan fingerprint density at radius 2 is 2.19 bits per heavy atom. The number of hydrogen-bond acceptors (Lipinski definition) is 3. The van der Waals surface area contributed by atoms with Crippen LogP contribution in [0.2, 0.25) is 0 Å². The van der Waals surface area contributed by atoms with Gasteiger partial charge in [0.05, 0.1) is 6.54 Å². The van der Waals surface area contributed by atoms with Crippen LogP contribution >= 0.6 is 0 Å². The first-order chi connectivity index (χ1) is 12.5. The third-order valence-corrected chi connectivity index (χ3v) is 4.47. The number of rotatable bonds is 6. The minimum atomic E-state index is -0.246. The number of nitrogens with two attached hydrogens (primary N) is 1. The molecule has 1 fully saturated rings. The molecule has 4 N–H and O–H groups in total. The summed E-state index contributed by atoms with van der Waals surface area (Å²) in [5.74, 6) is 0.770. The standard InChI is InChI=1S/C19H29N5O2/c1-3-22-19(24-9-5-7-15(13-24)11-17(20)25)23-12-14-6-4-8-16(10-14)18(26)21-2/h4,6,8,10,15H,3,5,7,9,11-13H2,1-2H3,(H2,20,25)(H,21,26)(H,22,23). The first-order valence-electron chi connectivity index (χ1n) is 9.16. The summed E-state index contributed by atoms with van der Waals surface area (Å²) in [6.07, 6.45) is 2.46. The van der Waals surface area contributed by atoms with Gasteiger partial charge in [0.25, 0.3) is 5.91 Å².